The molecule has 1 aromatic heterocycles. The van der Waals surface area contributed by atoms with Crippen LogP contribution in [0.2, 0.25) is 0 Å². The zero-order valence-electron chi connectivity index (χ0n) is 11.3. The first-order valence-corrected chi connectivity index (χ1v) is 7.15. The molecule has 1 aromatic rings. The second-order valence-electron chi connectivity index (χ2n) is 5.96. The van der Waals surface area contributed by atoms with Crippen molar-refractivity contribution in [3.63, 3.8) is 0 Å². The van der Waals surface area contributed by atoms with Gasteiger partial charge in [0.1, 0.15) is 5.69 Å². The fourth-order valence-corrected chi connectivity index (χ4v) is 2.81. The van der Waals surface area contributed by atoms with Crippen LogP contribution in [0.1, 0.15) is 49.1 Å². The first kappa shape index (κ1) is 14.0. The zero-order valence-corrected chi connectivity index (χ0v) is 12.1. The van der Waals surface area contributed by atoms with E-state index >= 15 is 0 Å². The van der Waals surface area contributed by atoms with Crippen LogP contribution in [-0.2, 0) is 10.2 Å². The number of aromatic nitrogens is 1. The van der Waals surface area contributed by atoms with Crippen molar-refractivity contribution >= 4 is 23.2 Å². The molecule has 1 amide bonds. The molecule has 19 heavy (non-hydrogen) atoms. The molecule has 1 saturated carbocycles. The highest BCUT2D eigenvalue weighted by atomic mass is 32.1. The van der Waals surface area contributed by atoms with E-state index in [-0.39, 0.29) is 23.3 Å². The van der Waals surface area contributed by atoms with Crippen LogP contribution in [0.15, 0.2) is 5.38 Å². The first-order chi connectivity index (χ1) is 8.77. The van der Waals surface area contributed by atoms with Crippen molar-refractivity contribution in [3.8, 4) is 0 Å². The Labute approximate surface area is 116 Å². The van der Waals surface area contributed by atoms with Crippen LogP contribution >= 0.6 is 11.3 Å². The normalized spacial score (nSPS) is 22.7. The van der Waals surface area contributed by atoms with Gasteiger partial charge in [-0.3, -0.25) is 9.59 Å². The van der Waals surface area contributed by atoms with Gasteiger partial charge in [-0.05, 0) is 12.8 Å². The fraction of sp³-hybridized carbons (Fsp3) is 0.615. The summed E-state index contributed by atoms with van der Waals surface area (Å²) in [6.45, 7) is 6.16. The number of carbonyl (C=O) groups is 2. The van der Waals surface area contributed by atoms with E-state index in [2.05, 4.69) is 31.1 Å². The first-order valence-electron chi connectivity index (χ1n) is 6.27. The molecule has 0 spiro atoms. The maximum Gasteiger partial charge on any atom is 0.306 e. The van der Waals surface area contributed by atoms with Crippen LogP contribution in [0, 0.1) is 5.92 Å². The Balaban J connectivity index is 1.91. The molecule has 0 bridgehead atoms. The number of carboxylic acid groups (broad SMARTS) is 1. The van der Waals surface area contributed by atoms with Crippen LogP contribution in [-0.4, -0.2) is 28.0 Å². The molecule has 0 aromatic carbocycles. The maximum atomic E-state index is 12.0. The van der Waals surface area contributed by atoms with Crippen molar-refractivity contribution in [2.75, 3.05) is 0 Å². The molecule has 1 fully saturated rings. The summed E-state index contributed by atoms with van der Waals surface area (Å²) in [5.41, 5.74) is 0.363. The minimum Gasteiger partial charge on any atom is -0.481 e. The second-order valence-corrected chi connectivity index (χ2v) is 6.82. The van der Waals surface area contributed by atoms with E-state index in [1.54, 1.807) is 5.38 Å². The predicted octanol–water partition coefficient (Wildman–Crippen LogP) is 2.03. The fourth-order valence-electron chi connectivity index (χ4n) is 1.92. The van der Waals surface area contributed by atoms with Crippen molar-refractivity contribution in [1.82, 2.24) is 10.3 Å². The minimum absolute atomic E-state index is 0.0339. The highest BCUT2D eigenvalue weighted by molar-refractivity contribution is 7.10. The summed E-state index contributed by atoms with van der Waals surface area (Å²) in [6.07, 6.45) is 1.02. The number of nitrogens with zero attached hydrogens (tertiary/aromatic N) is 1. The Morgan fingerprint density at radius 3 is 2.53 bits per heavy atom. The number of aliphatic carboxylic acids is 1. The third-order valence-corrected chi connectivity index (χ3v) is 4.47. The van der Waals surface area contributed by atoms with Crippen molar-refractivity contribution in [2.45, 2.75) is 45.1 Å². The molecule has 0 saturated heterocycles. The number of amides is 1. The van der Waals surface area contributed by atoms with E-state index in [4.69, 9.17) is 5.11 Å². The van der Waals surface area contributed by atoms with Gasteiger partial charge in [0, 0.05) is 16.8 Å². The summed E-state index contributed by atoms with van der Waals surface area (Å²) in [5, 5.41) is 14.3. The number of hydrogen-bond donors (Lipinski definition) is 2. The Bertz CT molecular complexity index is 498. The zero-order chi connectivity index (χ0) is 14.2. The molecule has 0 atom stereocenters. The lowest BCUT2D eigenvalue weighted by Crippen LogP contribution is -2.46. The highest BCUT2D eigenvalue weighted by Gasteiger charge is 2.35. The average molecular weight is 282 g/mol. The Morgan fingerprint density at radius 2 is 2.05 bits per heavy atom. The molecule has 104 valence electrons. The van der Waals surface area contributed by atoms with E-state index < -0.39 is 5.97 Å². The molecular formula is C13H18N2O3S. The summed E-state index contributed by atoms with van der Waals surface area (Å²) >= 11 is 1.48. The van der Waals surface area contributed by atoms with Crippen LogP contribution < -0.4 is 5.32 Å². The van der Waals surface area contributed by atoms with Gasteiger partial charge in [-0.25, -0.2) is 4.98 Å². The Morgan fingerprint density at radius 1 is 1.42 bits per heavy atom. The number of carboxylic acids is 1. The Kier molecular flexibility index (Phi) is 3.62. The van der Waals surface area contributed by atoms with Crippen molar-refractivity contribution < 1.29 is 14.7 Å². The quantitative estimate of drug-likeness (QED) is 0.889. The molecule has 2 rings (SSSR count). The smallest absolute Gasteiger partial charge is 0.306 e. The van der Waals surface area contributed by atoms with Crippen LogP contribution in [0.4, 0.5) is 0 Å². The summed E-state index contributed by atoms with van der Waals surface area (Å²) in [7, 11) is 0. The number of nitrogens with one attached hydrogen (secondary N) is 1. The Hall–Kier alpha value is -1.43. The molecular weight excluding hydrogens is 264 g/mol. The third-order valence-electron chi connectivity index (χ3n) is 3.20. The monoisotopic (exact) mass is 282 g/mol. The van der Waals surface area contributed by atoms with Gasteiger partial charge in [-0.15, -0.1) is 11.3 Å². The highest BCUT2D eigenvalue weighted by Crippen LogP contribution is 2.28. The second kappa shape index (κ2) is 4.92. The number of hydrogen-bond acceptors (Lipinski definition) is 4. The summed E-state index contributed by atoms with van der Waals surface area (Å²) < 4.78 is 0. The SMILES string of the molecule is CC(C)(C)c1nc(C(=O)NC2CC(C(=O)O)C2)cs1. The lowest BCUT2D eigenvalue weighted by molar-refractivity contribution is -0.145. The molecule has 1 aliphatic rings. The van der Waals surface area contributed by atoms with E-state index in [0.29, 0.717) is 18.5 Å². The molecule has 5 nitrogen and oxygen atoms in total. The van der Waals surface area contributed by atoms with Gasteiger partial charge in [-0.1, -0.05) is 20.8 Å². The van der Waals surface area contributed by atoms with Crippen LogP contribution in [0.3, 0.4) is 0 Å². The van der Waals surface area contributed by atoms with Gasteiger partial charge in [0.2, 0.25) is 0 Å². The standard InChI is InChI=1S/C13H18N2O3S/c1-13(2,3)12-15-9(6-19-12)10(16)14-8-4-7(5-8)11(17)18/h6-8H,4-5H2,1-3H3,(H,14,16)(H,17,18). The van der Waals surface area contributed by atoms with Gasteiger partial charge in [-0.2, -0.15) is 0 Å². The van der Waals surface area contributed by atoms with Crippen molar-refractivity contribution in [1.29, 1.82) is 0 Å². The molecule has 0 unspecified atom stereocenters. The van der Waals surface area contributed by atoms with Gasteiger partial charge < -0.3 is 10.4 Å². The third kappa shape index (κ3) is 3.12. The van der Waals surface area contributed by atoms with E-state index in [1.165, 1.54) is 11.3 Å². The summed E-state index contributed by atoms with van der Waals surface area (Å²) in [4.78, 5) is 27.0. The molecule has 1 heterocycles. The van der Waals surface area contributed by atoms with E-state index in [9.17, 15) is 9.59 Å². The van der Waals surface area contributed by atoms with Gasteiger partial charge >= 0.3 is 5.97 Å². The van der Waals surface area contributed by atoms with Gasteiger partial charge in [0.05, 0.1) is 10.9 Å². The molecule has 0 aliphatic heterocycles. The number of carbonyl (C=O) groups excluding carboxylic acids is 1. The maximum absolute atomic E-state index is 12.0. The van der Waals surface area contributed by atoms with Crippen molar-refractivity contribution in [2.24, 2.45) is 5.92 Å². The minimum atomic E-state index is -0.783. The molecule has 2 N–H and O–H groups in total. The molecule has 1 aliphatic carbocycles. The topological polar surface area (TPSA) is 79.3 Å². The van der Waals surface area contributed by atoms with Gasteiger partial charge in [0.15, 0.2) is 0 Å². The summed E-state index contributed by atoms with van der Waals surface area (Å²) in [5.74, 6) is -1.30. The lowest BCUT2D eigenvalue weighted by Gasteiger charge is -2.32. The van der Waals surface area contributed by atoms with Gasteiger partial charge in [0.25, 0.3) is 5.91 Å². The molecule has 6 heteroatoms. The van der Waals surface area contributed by atoms with Crippen LogP contribution in [0.5, 0.6) is 0 Å². The number of rotatable bonds is 3. The van der Waals surface area contributed by atoms with E-state index in [0.717, 1.165) is 5.01 Å². The molecule has 0 radical (unpaired) electrons. The average Bonchev–Trinajstić information content (AvgIpc) is 2.70. The number of thiazole rings is 1. The summed E-state index contributed by atoms with van der Waals surface area (Å²) in [6, 6.07) is -0.0339. The van der Waals surface area contributed by atoms with Crippen LogP contribution in [0.25, 0.3) is 0 Å². The van der Waals surface area contributed by atoms with E-state index in [1.807, 2.05) is 0 Å². The largest absolute Gasteiger partial charge is 0.481 e. The van der Waals surface area contributed by atoms with Crippen molar-refractivity contribution in [3.05, 3.63) is 16.1 Å². The lowest BCUT2D eigenvalue weighted by atomic mass is 9.80. The predicted molar refractivity (Wildman–Crippen MR) is 72.4 cm³/mol.